The normalized spacial score (nSPS) is 19.4. The maximum atomic E-state index is 8.35. The van der Waals surface area contributed by atoms with Gasteiger partial charge in [-0.05, 0) is 42.6 Å². The number of hydrogen-bond donors (Lipinski definition) is 4. The van der Waals surface area contributed by atoms with E-state index in [1.165, 1.54) is 0 Å². The van der Waals surface area contributed by atoms with Gasteiger partial charge >= 0.3 is 0 Å². The Hall–Kier alpha value is -1.67. The zero-order valence-electron chi connectivity index (χ0n) is 13.9. The zero-order valence-corrected chi connectivity index (χ0v) is 15.5. The first-order chi connectivity index (χ1) is 11.5. The molecule has 1 aliphatic heterocycles. The molecule has 3 rings (SSSR count). The number of nitrogens with one attached hydrogen (secondary N) is 4. The molecule has 2 aliphatic rings. The van der Waals surface area contributed by atoms with Gasteiger partial charge < -0.3 is 26.1 Å². The lowest BCUT2D eigenvalue weighted by atomic mass is 9.83. The minimum absolute atomic E-state index is 0.201. The largest absolute Gasteiger partial charge is 0.379 e. The lowest BCUT2D eigenvalue weighted by Crippen LogP contribution is -2.46. The maximum Gasteiger partial charge on any atom is 0.230 e. The molecule has 0 atom stereocenters. The van der Waals surface area contributed by atoms with Gasteiger partial charge in [0.25, 0.3) is 0 Å². The Labute approximate surface area is 150 Å². The van der Waals surface area contributed by atoms with Crippen molar-refractivity contribution in [3.63, 3.8) is 0 Å². The van der Waals surface area contributed by atoms with Crippen molar-refractivity contribution in [1.29, 1.82) is 5.41 Å². The Morgan fingerprint density at radius 2 is 2.25 bits per heavy atom. The van der Waals surface area contributed by atoms with Crippen molar-refractivity contribution in [2.75, 3.05) is 30.4 Å². The molecule has 8 heteroatoms. The minimum Gasteiger partial charge on any atom is -0.379 e. The van der Waals surface area contributed by atoms with Crippen LogP contribution in [0.15, 0.2) is 22.6 Å². The van der Waals surface area contributed by atoms with Crippen molar-refractivity contribution in [2.24, 2.45) is 5.41 Å². The Kier molecular flexibility index (Phi) is 5.05. The van der Waals surface area contributed by atoms with Crippen LogP contribution in [-0.4, -0.2) is 41.5 Å². The third kappa shape index (κ3) is 4.05. The number of rotatable bonds is 8. The third-order valence-electron chi connectivity index (χ3n) is 4.05. The molecule has 0 bridgehead atoms. The second kappa shape index (κ2) is 7.06. The Bertz CT molecular complexity index is 654. The molecule has 1 saturated heterocycles. The van der Waals surface area contributed by atoms with Crippen LogP contribution in [0.2, 0.25) is 0 Å². The number of aromatic nitrogens is 2. The molecule has 2 heterocycles. The van der Waals surface area contributed by atoms with Crippen LogP contribution in [0.4, 0.5) is 11.8 Å². The lowest BCUT2D eigenvalue weighted by Gasteiger charge is -2.37. The molecule has 24 heavy (non-hydrogen) atoms. The van der Waals surface area contributed by atoms with Crippen molar-refractivity contribution >= 4 is 33.4 Å². The summed E-state index contributed by atoms with van der Waals surface area (Å²) in [5.41, 5.74) is 0.349. The van der Waals surface area contributed by atoms with Gasteiger partial charge in [0.05, 0.1) is 23.1 Å². The summed E-state index contributed by atoms with van der Waals surface area (Å²) in [4.78, 5) is 8.78. The smallest absolute Gasteiger partial charge is 0.230 e. The first-order valence-corrected chi connectivity index (χ1v) is 8.98. The molecule has 1 aliphatic carbocycles. The number of hydrogen-bond acceptors (Lipinski definition) is 7. The van der Waals surface area contributed by atoms with Crippen LogP contribution in [0, 0.1) is 10.8 Å². The third-order valence-corrected chi connectivity index (χ3v) is 4.63. The molecule has 0 amide bonds. The highest BCUT2D eigenvalue weighted by molar-refractivity contribution is 9.10. The van der Waals surface area contributed by atoms with E-state index in [4.69, 9.17) is 10.1 Å². The van der Waals surface area contributed by atoms with E-state index in [0.717, 1.165) is 35.5 Å². The molecule has 0 spiro atoms. The van der Waals surface area contributed by atoms with Crippen LogP contribution >= 0.6 is 15.9 Å². The van der Waals surface area contributed by atoms with Gasteiger partial charge in [-0.3, -0.25) is 0 Å². The molecule has 1 saturated carbocycles. The first-order valence-electron chi connectivity index (χ1n) is 8.18. The van der Waals surface area contributed by atoms with Crippen LogP contribution in [-0.2, 0) is 4.74 Å². The van der Waals surface area contributed by atoms with Crippen LogP contribution in [0.3, 0.4) is 0 Å². The predicted molar refractivity (Wildman–Crippen MR) is 98.4 cm³/mol. The van der Waals surface area contributed by atoms with Crippen LogP contribution < -0.4 is 16.0 Å². The summed E-state index contributed by atoms with van der Waals surface area (Å²) < 4.78 is 6.08. The molecule has 0 radical (unpaired) electrons. The molecule has 0 unspecified atom stereocenters. The van der Waals surface area contributed by atoms with Crippen molar-refractivity contribution in [3.8, 4) is 0 Å². The summed E-state index contributed by atoms with van der Waals surface area (Å²) >= 11 is 3.44. The number of nitrogens with zero attached hydrogens (tertiary/aromatic N) is 2. The first kappa shape index (κ1) is 17.2. The lowest BCUT2D eigenvalue weighted by molar-refractivity contribution is -0.0582. The van der Waals surface area contributed by atoms with Gasteiger partial charge in [0.2, 0.25) is 5.95 Å². The fraction of sp³-hybridized carbons (Fsp3) is 0.562. The average Bonchev–Trinajstić information content (AvgIpc) is 3.32. The highest BCUT2D eigenvalue weighted by atomic mass is 79.9. The van der Waals surface area contributed by atoms with Gasteiger partial charge in [0.1, 0.15) is 11.6 Å². The summed E-state index contributed by atoms with van der Waals surface area (Å²) in [5.74, 6) is 2.01. The van der Waals surface area contributed by atoms with Gasteiger partial charge in [-0.15, -0.1) is 0 Å². The van der Waals surface area contributed by atoms with E-state index >= 15 is 0 Å². The van der Waals surface area contributed by atoms with E-state index in [1.807, 2.05) is 19.9 Å². The number of anilines is 2. The molecule has 7 nitrogen and oxygen atoms in total. The van der Waals surface area contributed by atoms with Crippen LogP contribution in [0.1, 0.15) is 26.7 Å². The molecule has 4 N–H and O–H groups in total. The van der Waals surface area contributed by atoms with Crippen LogP contribution in [0.25, 0.3) is 0 Å². The second-order valence-electron chi connectivity index (χ2n) is 6.49. The summed E-state index contributed by atoms with van der Waals surface area (Å²) in [7, 11) is 0. The van der Waals surface area contributed by atoms with Crippen LogP contribution in [0.5, 0.6) is 0 Å². The molecular weight excluding hydrogens is 372 g/mol. The molecule has 1 aromatic heterocycles. The molecule has 1 aromatic rings. The van der Waals surface area contributed by atoms with Gasteiger partial charge in [-0.25, -0.2) is 4.98 Å². The van der Waals surface area contributed by atoms with Gasteiger partial charge in [-0.2, -0.15) is 4.98 Å². The summed E-state index contributed by atoms with van der Waals surface area (Å²) in [5, 5.41) is 18.2. The maximum absolute atomic E-state index is 8.35. The zero-order chi connectivity index (χ0) is 17.2. The topological polar surface area (TPSA) is 95.0 Å². The van der Waals surface area contributed by atoms with E-state index in [9.17, 15) is 0 Å². The van der Waals surface area contributed by atoms with E-state index in [-0.39, 0.29) is 5.41 Å². The predicted octanol–water partition coefficient (Wildman–Crippen LogP) is 2.73. The van der Waals surface area contributed by atoms with E-state index in [2.05, 4.69) is 41.8 Å². The summed E-state index contributed by atoms with van der Waals surface area (Å²) in [6.45, 7) is 6.03. The number of halogens is 1. The van der Waals surface area contributed by atoms with E-state index in [0.29, 0.717) is 30.9 Å². The van der Waals surface area contributed by atoms with Crippen molar-refractivity contribution in [3.05, 3.63) is 22.6 Å². The molecule has 130 valence electrons. The van der Waals surface area contributed by atoms with Gasteiger partial charge in [0.15, 0.2) is 0 Å². The molecule has 0 aromatic carbocycles. The van der Waals surface area contributed by atoms with Crippen molar-refractivity contribution < 1.29 is 4.74 Å². The SMILES string of the molecule is CCNc1nc(N/C(=C/C(=N)C2(C)COC2)NC2CC2)ncc1Br. The van der Waals surface area contributed by atoms with E-state index < -0.39 is 0 Å². The van der Waals surface area contributed by atoms with Crippen molar-refractivity contribution in [2.45, 2.75) is 32.7 Å². The second-order valence-corrected chi connectivity index (χ2v) is 7.34. The fourth-order valence-corrected chi connectivity index (χ4v) is 2.61. The minimum atomic E-state index is -0.201. The summed E-state index contributed by atoms with van der Waals surface area (Å²) in [6.07, 6.45) is 5.85. The Morgan fingerprint density at radius 3 is 2.83 bits per heavy atom. The van der Waals surface area contributed by atoms with Gasteiger partial charge in [-0.1, -0.05) is 0 Å². The van der Waals surface area contributed by atoms with E-state index in [1.54, 1.807) is 6.20 Å². The monoisotopic (exact) mass is 394 g/mol. The highest BCUT2D eigenvalue weighted by Crippen LogP contribution is 2.29. The Balaban J connectivity index is 1.76. The Morgan fingerprint density at radius 1 is 1.50 bits per heavy atom. The quantitative estimate of drug-likeness (QED) is 0.506. The molecule has 2 fully saturated rings. The highest BCUT2D eigenvalue weighted by Gasteiger charge is 2.37. The fourth-order valence-electron chi connectivity index (χ4n) is 2.28. The number of ether oxygens (including phenoxy) is 1. The molecular formula is C16H23BrN6O. The summed E-state index contributed by atoms with van der Waals surface area (Å²) in [6, 6.07) is 0.464. The van der Waals surface area contributed by atoms with Crippen molar-refractivity contribution in [1.82, 2.24) is 15.3 Å². The standard InChI is InChI=1S/C16H23BrN6O/c1-3-19-14-11(17)7-20-15(23-14)22-13(21-10-4-5-10)6-12(18)16(2)8-24-9-16/h6-7,10,18,21H,3-5,8-9H2,1-2H3,(H2,19,20,22,23)/b13-6+,18-12?. The van der Waals surface area contributed by atoms with Gasteiger partial charge in [0, 0.05) is 30.6 Å². The number of allylic oxidation sites excluding steroid dienone is 1. The average molecular weight is 395 g/mol.